The maximum atomic E-state index is 12.3. The first-order valence-corrected chi connectivity index (χ1v) is 6.42. The molecule has 17 heavy (non-hydrogen) atoms. The smallest absolute Gasteiger partial charge is 0.242 e. The molecule has 0 radical (unpaired) electrons. The van der Waals surface area contributed by atoms with Crippen molar-refractivity contribution in [1.82, 2.24) is 10.2 Å². The van der Waals surface area contributed by atoms with E-state index in [0.29, 0.717) is 32.9 Å². The van der Waals surface area contributed by atoms with Gasteiger partial charge < -0.3 is 19.7 Å². The summed E-state index contributed by atoms with van der Waals surface area (Å²) >= 11 is 0. The van der Waals surface area contributed by atoms with E-state index >= 15 is 0 Å². The second kappa shape index (κ2) is 7.63. The molecule has 5 nitrogen and oxygen atoms in total. The number of ether oxygens (including phenoxy) is 2. The number of hydrogen-bond donors (Lipinski definition) is 1. The van der Waals surface area contributed by atoms with E-state index in [2.05, 4.69) is 5.32 Å². The van der Waals surface area contributed by atoms with Gasteiger partial charge in [0.25, 0.3) is 0 Å². The monoisotopic (exact) mass is 244 g/mol. The molecule has 0 bridgehead atoms. The third kappa shape index (κ3) is 4.26. The molecule has 5 heteroatoms. The lowest BCUT2D eigenvalue weighted by molar-refractivity contribution is -0.140. The van der Waals surface area contributed by atoms with Crippen molar-refractivity contribution in [1.29, 1.82) is 0 Å². The predicted molar refractivity (Wildman–Crippen MR) is 66.0 cm³/mol. The van der Waals surface area contributed by atoms with Gasteiger partial charge in [-0.15, -0.1) is 0 Å². The Balaban J connectivity index is 2.46. The zero-order valence-electron chi connectivity index (χ0n) is 11.1. The normalized spacial score (nSPS) is 24.6. The SMILES string of the molecule is CCOCCN(CC)C(=O)[C@H]1NCCO[C@@H]1C. The van der Waals surface area contributed by atoms with Crippen LogP contribution in [0.3, 0.4) is 0 Å². The van der Waals surface area contributed by atoms with Crippen molar-refractivity contribution in [2.75, 3.05) is 39.5 Å². The van der Waals surface area contributed by atoms with Crippen molar-refractivity contribution in [2.24, 2.45) is 0 Å². The number of likely N-dealkylation sites (N-methyl/N-ethyl adjacent to an activating group) is 1. The minimum absolute atomic E-state index is 0.0580. The minimum atomic E-state index is -0.217. The molecule has 1 aliphatic heterocycles. The average molecular weight is 244 g/mol. The minimum Gasteiger partial charge on any atom is -0.380 e. The molecule has 1 saturated heterocycles. The number of hydrogen-bond acceptors (Lipinski definition) is 4. The predicted octanol–water partition coefficient (Wildman–Crippen LogP) is 0.248. The van der Waals surface area contributed by atoms with Gasteiger partial charge in [-0.1, -0.05) is 0 Å². The molecule has 1 aliphatic rings. The van der Waals surface area contributed by atoms with E-state index in [1.165, 1.54) is 0 Å². The van der Waals surface area contributed by atoms with Crippen molar-refractivity contribution in [3.63, 3.8) is 0 Å². The number of nitrogens with one attached hydrogen (secondary N) is 1. The average Bonchev–Trinajstić information content (AvgIpc) is 2.35. The Kier molecular flexibility index (Phi) is 6.47. The van der Waals surface area contributed by atoms with Crippen molar-refractivity contribution < 1.29 is 14.3 Å². The van der Waals surface area contributed by atoms with Crippen LogP contribution < -0.4 is 5.32 Å². The van der Waals surface area contributed by atoms with E-state index in [1.807, 2.05) is 25.7 Å². The number of carbonyl (C=O) groups excluding carboxylic acids is 1. The van der Waals surface area contributed by atoms with E-state index in [1.54, 1.807) is 0 Å². The molecular formula is C12H24N2O3. The molecule has 100 valence electrons. The van der Waals surface area contributed by atoms with Crippen molar-refractivity contribution in [2.45, 2.75) is 32.9 Å². The molecule has 1 rings (SSSR count). The molecule has 0 aromatic carbocycles. The van der Waals surface area contributed by atoms with Crippen LogP contribution in [-0.4, -0.2) is 62.4 Å². The summed E-state index contributed by atoms with van der Waals surface area (Å²) in [4.78, 5) is 14.1. The van der Waals surface area contributed by atoms with Crippen LogP contribution in [0.15, 0.2) is 0 Å². The summed E-state index contributed by atoms with van der Waals surface area (Å²) in [6.07, 6.45) is -0.0580. The molecule has 1 heterocycles. The Labute approximate surface area is 103 Å². The topological polar surface area (TPSA) is 50.8 Å². The van der Waals surface area contributed by atoms with Gasteiger partial charge in [0.05, 0.1) is 19.3 Å². The summed E-state index contributed by atoms with van der Waals surface area (Å²) in [5.41, 5.74) is 0. The number of nitrogens with zero attached hydrogens (tertiary/aromatic N) is 1. The fourth-order valence-corrected chi connectivity index (χ4v) is 1.95. The van der Waals surface area contributed by atoms with E-state index in [4.69, 9.17) is 9.47 Å². The molecule has 0 aliphatic carbocycles. The van der Waals surface area contributed by atoms with E-state index in [-0.39, 0.29) is 18.1 Å². The largest absolute Gasteiger partial charge is 0.380 e. The van der Waals surface area contributed by atoms with E-state index in [9.17, 15) is 4.79 Å². The number of carbonyl (C=O) groups is 1. The first kappa shape index (κ1) is 14.4. The standard InChI is InChI=1S/C12H24N2O3/c1-4-14(7-9-16-5-2)12(15)11-10(3)17-8-6-13-11/h10-11,13H,4-9H2,1-3H3/t10-,11+/m1/s1. The molecule has 1 amide bonds. The fourth-order valence-electron chi connectivity index (χ4n) is 1.95. The molecular weight excluding hydrogens is 220 g/mol. The van der Waals surface area contributed by atoms with Gasteiger partial charge in [-0.3, -0.25) is 4.79 Å². The second-order valence-electron chi connectivity index (χ2n) is 4.12. The Morgan fingerprint density at radius 3 is 2.88 bits per heavy atom. The molecule has 0 spiro atoms. The molecule has 1 N–H and O–H groups in total. The van der Waals surface area contributed by atoms with E-state index < -0.39 is 0 Å². The molecule has 0 saturated carbocycles. The lowest BCUT2D eigenvalue weighted by Gasteiger charge is -2.33. The van der Waals surface area contributed by atoms with Gasteiger partial charge in [-0.2, -0.15) is 0 Å². The highest BCUT2D eigenvalue weighted by atomic mass is 16.5. The van der Waals surface area contributed by atoms with Crippen LogP contribution in [0, 0.1) is 0 Å². The lowest BCUT2D eigenvalue weighted by atomic mass is 10.1. The molecule has 0 aromatic heterocycles. The summed E-state index contributed by atoms with van der Waals surface area (Å²) in [5, 5.41) is 3.22. The summed E-state index contributed by atoms with van der Waals surface area (Å²) in [5.74, 6) is 0.111. The van der Waals surface area contributed by atoms with Crippen LogP contribution in [0.4, 0.5) is 0 Å². The highest BCUT2D eigenvalue weighted by molar-refractivity contribution is 5.82. The van der Waals surface area contributed by atoms with E-state index in [0.717, 1.165) is 6.54 Å². The van der Waals surface area contributed by atoms with Gasteiger partial charge in [0.15, 0.2) is 0 Å². The van der Waals surface area contributed by atoms with Crippen LogP contribution in [0.25, 0.3) is 0 Å². The van der Waals surface area contributed by atoms with Crippen molar-refractivity contribution in [3.05, 3.63) is 0 Å². The number of rotatable bonds is 6. The summed E-state index contributed by atoms with van der Waals surface area (Å²) in [7, 11) is 0. The lowest BCUT2D eigenvalue weighted by Crippen LogP contribution is -2.56. The van der Waals surface area contributed by atoms with Gasteiger partial charge in [0.1, 0.15) is 6.04 Å². The van der Waals surface area contributed by atoms with Crippen LogP contribution in [0.1, 0.15) is 20.8 Å². The molecule has 0 unspecified atom stereocenters. The molecule has 1 fully saturated rings. The van der Waals surface area contributed by atoms with Gasteiger partial charge >= 0.3 is 0 Å². The van der Waals surface area contributed by atoms with Crippen LogP contribution in [0.2, 0.25) is 0 Å². The Hall–Kier alpha value is -0.650. The maximum Gasteiger partial charge on any atom is 0.242 e. The first-order valence-electron chi connectivity index (χ1n) is 6.42. The van der Waals surface area contributed by atoms with Crippen LogP contribution >= 0.6 is 0 Å². The third-order valence-corrected chi connectivity index (χ3v) is 2.99. The Morgan fingerprint density at radius 1 is 1.53 bits per heavy atom. The van der Waals surface area contributed by atoms with Gasteiger partial charge in [0, 0.05) is 26.2 Å². The van der Waals surface area contributed by atoms with Crippen molar-refractivity contribution in [3.8, 4) is 0 Å². The number of amides is 1. The highest BCUT2D eigenvalue weighted by Gasteiger charge is 2.31. The fraction of sp³-hybridized carbons (Fsp3) is 0.917. The second-order valence-corrected chi connectivity index (χ2v) is 4.12. The molecule has 2 atom stereocenters. The maximum absolute atomic E-state index is 12.3. The van der Waals surface area contributed by atoms with Crippen LogP contribution in [-0.2, 0) is 14.3 Å². The Morgan fingerprint density at radius 2 is 2.29 bits per heavy atom. The molecule has 0 aromatic rings. The third-order valence-electron chi connectivity index (χ3n) is 2.99. The quantitative estimate of drug-likeness (QED) is 0.680. The highest BCUT2D eigenvalue weighted by Crippen LogP contribution is 2.07. The zero-order valence-corrected chi connectivity index (χ0v) is 11.1. The summed E-state index contributed by atoms with van der Waals surface area (Å²) in [6, 6.07) is -0.217. The van der Waals surface area contributed by atoms with Crippen molar-refractivity contribution >= 4 is 5.91 Å². The summed E-state index contributed by atoms with van der Waals surface area (Å²) in [6.45, 7) is 9.93. The van der Waals surface area contributed by atoms with Crippen LogP contribution in [0.5, 0.6) is 0 Å². The van der Waals surface area contributed by atoms with Gasteiger partial charge in [0.2, 0.25) is 5.91 Å². The first-order chi connectivity index (χ1) is 8.20. The van der Waals surface area contributed by atoms with Gasteiger partial charge in [-0.05, 0) is 20.8 Å². The summed E-state index contributed by atoms with van der Waals surface area (Å²) < 4.78 is 10.8. The Bertz CT molecular complexity index is 236. The zero-order chi connectivity index (χ0) is 12.7. The van der Waals surface area contributed by atoms with Gasteiger partial charge in [-0.25, -0.2) is 0 Å². The number of morpholine rings is 1.